The molecule has 1 aliphatic rings. The maximum atomic E-state index is 13.5. The molecule has 8 atom stereocenters. The third-order valence-corrected chi connectivity index (χ3v) is 16.0. The first-order valence-corrected chi connectivity index (χ1v) is 35.0. The van der Waals surface area contributed by atoms with Crippen LogP contribution in [0, 0.1) is 0 Å². The fraction of sp³-hybridized carbons (Fsp3) is 0.757. The molecule has 1 aliphatic heterocycles. The summed E-state index contributed by atoms with van der Waals surface area (Å²) >= 11 is 0. The van der Waals surface area contributed by atoms with Crippen molar-refractivity contribution < 1.29 is 49.3 Å². The Hall–Kier alpha value is -3.42. The van der Waals surface area contributed by atoms with E-state index < -0.39 is 67.4 Å². The third kappa shape index (κ3) is 48.2. The van der Waals surface area contributed by atoms with Crippen LogP contribution in [0.4, 0.5) is 0 Å². The number of carbonyl (C=O) groups is 2. The molecule has 490 valence electrons. The minimum absolute atomic E-state index is 0.0897. The molecule has 0 aliphatic carbocycles. The maximum Gasteiger partial charge on any atom is 0.306 e. The largest absolute Gasteiger partial charge is 0.454 e. The molecule has 11 heteroatoms. The first kappa shape index (κ1) is 79.6. The van der Waals surface area contributed by atoms with Gasteiger partial charge in [0.25, 0.3) is 0 Å². The van der Waals surface area contributed by atoms with Crippen molar-refractivity contribution in [3.8, 4) is 0 Å². The molecule has 0 radical (unpaired) electrons. The van der Waals surface area contributed by atoms with E-state index in [0.717, 1.165) is 103 Å². The number of hydrogen-bond acceptors (Lipinski definition) is 10. The zero-order valence-electron chi connectivity index (χ0n) is 54.5. The average Bonchev–Trinajstić information content (AvgIpc) is 2.49. The lowest BCUT2D eigenvalue weighted by atomic mass is 9.99. The smallest absolute Gasteiger partial charge is 0.306 e. The highest BCUT2D eigenvalue weighted by Crippen LogP contribution is 2.26. The summed E-state index contributed by atoms with van der Waals surface area (Å²) in [6.07, 6.45) is 71.5. The van der Waals surface area contributed by atoms with Gasteiger partial charge in [0.05, 0.1) is 25.4 Å². The monoisotopic (exact) mass is 1190 g/mol. The van der Waals surface area contributed by atoms with Gasteiger partial charge in [0.2, 0.25) is 5.91 Å². The summed E-state index contributed by atoms with van der Waals surface area (Å²) < 4.78 is 17.7. The second kappa shape index (κ2) is 60.8. The number of ether oxygens (including phenoxy) is 3. The van der Waals surface area contributed by atoms with Gasteiger partial charge in [-0.15, -0.1) is 0 Å². The number of rotatable bonds is 59. The van der Waals surface area contributed by atoms with E-state index in [1.165, 1.54) is 148 Å². The molecule has 1 amide bonds. The first-order chi connectivity index (χ1) is 41.7. The summed E-state index contributed by atoms with van der Waals surface area (Å²) in [6, 6.07) is -1.04. The van der Waals surface area contributed by atoms with E-state index >= 15 is 0 Å². The number of aliphatic hydroxyl groups excluding tert-OH is 5. The van der Waals surface area contributed by atoms with Gasteiger partial charge in [-0.05, 0) is 103 Å². The first-order valence-electron chi connectivity index (χ1n) is 35.0. The maximum absolute atomic E-state index is 13.5. The Morgan fingerprint density at radius 3 is 1.28 bits per heavy atom. The van der Waals surface area contributed by atoms with Crippen molar-refractivity contribution in [3.63, 3.8) is 0 Å². The summed E-state index contributed by atoms with van der Waals surface area (Å²) in [5.74, 6) is -1.22. The van der Waals surface area contributed by atoms with Gasteiger partial charge in [0.1, 0.15) is 24.4 Å². The molecule has 85 heavy (non-hydrogen) atoms. The Bertz CT molecular complexity index is 1750. The lowest BCUT2D eigenvalue weighted by molar-refractivity contribution is -0.305. The number of hydrogen-bond donors (Lipinski definition) is 6. The van der Waals surface area contributed by atoms with Gasteiger partial charge < -0.3 is 45.1 Å². The topological polar surface area (TPSA) is 175 Å². The SMILES string of the molecule is CC/C=C\C/C=C\C/C=C\C/C=C\C/C=C\C/C=C\CCCCCCC(=O)OC1C(OCC(NC(=O)C(O)CCCCCCCCCCCC/C=C/CCCCCCCC)C(O)/C=C/CCCCCCCCCCCCC)OC(CO)C(O)C1O. The molecule has 0 aromatic rings. The van der Waals surface area contributed by atoms with Crippen LogP contribution >= 0.6 is 0 Å². The number of nitrogens with one attached hydrogen (secondary N) is 1. The summed E-state index contributed by atoms with van der Waals surface area (Å²) in [5.41, 5.74) is 0. The minimum Gasteiger partial charge on any atom is -0.454 e. The molecule has 1 heterocycles. The molecule has 8 unspecified atom stereocenters. The van der Waals surface area contributed by atoms with E-state index in [1.807, 2.05) is 6.08 Å². The van der Waals surface area contributed by atoms with Crippen LogP contribution in [0.25, 0.3) is 0 Å². The minimum atomic E-state index is -1.63. The quantitative estimate of drug-likeness (QED) is 0.0195. The van der Waals surface area contributed by atoms with Gasteiger partial charge in [0.15, 0.2) is 12.4 Å². The number of amides is 1. The number of allylic oxidation sites excluding steroid dienone is 15. The van der Waals surface area contributed by atoms with Gasteiger partial charge in [-0.25, -0.2) is 0 Å². The van der Waals surface area contributed by atoms with Gasteiger partial charge in [-0.1, -0.05) is 285 Å². The zero-order valence-corrected chi connectivity index (χ0v) is 54.5. The number of carbonyl (C=O) groups excluding carboxylic acids is 2. The van der Waals surface area contributed by atoms with E-state index in [-0.39, 0.29) is 19.4 Å². The van der Waals surface area contributed by atoms with Crippen LogP contribution in [-0.2, 0) is 23.8 Å². The third-order valence-electron chi connectivity index (χ3n) is 16.0. The van der Waals surface area contributed by atoms with Crippen LogP contribution in [0.1, 0.15) is 297 Å². The van der Waals surface area contributed by atoms with Crippen molar-refractivity contribution in [2.24, 2.45) is 0 Å². The number of esters is 1. The summed E-state index contributed by atoms with van der Waals surface area (Å²) in [7, 11) is 0. The molecule has 11 nitrogen and oxygen atoms in total. The molecular formula is C74H129NO10. The van der Waals surface area contributed by atoms with Crippen LogP contribution in [0.5, 0.6) is 0 Å². The molecule has 1 fully saturated rings. The molecule has 0 spiro atoms. The van der Waals surface area contributed by atoms with Gasteiger partial charge in [-0.2, -0.15) is 0 Å². The average molecular weight is 1190 g/mol. The summed E-state index contributed by atoms with van der Waals surface area (Å²) in [5, 5.41) is 57.2. The van der Waals surface area contributed by atoms with Crippen molar-refractivity contribution in [2.75, 3.05) is 13.2 Å². The normalized spacial score (nSPS) is 19.0. The van der Waals surface area contributed by atoms with E-state index in [9.17, 15) is 35.1 Å². The predicted molar refractivity (Wildman–Crippen MR) is 356 cm³/mol. The molecule has 0 saturated carbocycles. The van der Waals surface area contributed by atoms with E-state index in [0.29, 0.717) is 12.8 Å². The van der Waals surface area contributed by atoms with Crippen molar-refractivity contribution in [2.45, 2.75) is 346 Å². The standard InChI is InChI=1S/C74H129NO10/c1-4-7-10-13-16-19-22-25-27-29-31-33-34-35-37-39-41-44-47-50-53-56-59-62-69(79)85-72-71(81)70(80)68(63-76)84-74(72)83-64-65(66(77)60-57-54-51-48-45-42-24-21-18-15-12-9-6-3)75-73(82)67(78)61-58-55-52-49-46-43-40-38-36-32-30-28-26-23-20-17-14-11-8-5-2/h7,10,16,19,25-28,31,33,35,37,41,44,57,60,65-68,70-72,74,76-78,80-81H,4-6,8-9,11-15,17-18,20-24,29-30,32,34,36,38-40,42-43,45-56,58-59,61-64H2,1-3H3,(H,75,82)/b10-7-,19-16-,27-25-,28-26+,33-31-,37-35-,44-41-,60-57+. The van der Waals surface area contributed by atoms with Crippen molar-refractivity contribution in [1.29, 1.82) is 0 Å². The lowest BCUT2D eigenvalue weighted by Gasteiger charge is -2.41. The highest BCUT2D eigenvalue weighted by molar-refractivity contribution is 5.80. The van der Waals surface area contributed by atoms with Crippen LogP contribution in [0.15, 0.2) is 97.2 Å². The van der Waals surface area contributed by atoms with Crippen LogP contribution in [-0.4, -0.2) is 99.6 Å². The summed E-state index contributed by atoms with van der Waals surface area (Å²) in [6.45, 7) is 5.68. The van der Waals surface area contributed by atoms with Crippen molar-refractivity contribution in [1.82, 2.24) is 5.32 Å². The number of aliphatic hydroxyl groups is 5. The van der Waals surface area contributed by atoms with E-state index in [4.69, 9.17) is 14.2 Å². The second-order valence-electron chi connectivity index (χ2n) is 23.9. The van der Waals surface area contributed by atoms with Crippen molar-refractivity contribution >= 4 is 11.9 Å². The fourth-order valence-corrected chi connectivity index (χ4v) is 10.5. The molecular weight excluding hydrogens is 1060 g/mol. The van der Waals surface area contributed by atoms with Crippen molar-refractivity contribution in [3.05, 3.63) is 97.2 Å². The van der Waals surface area contributed by atoms with Crippen LogP contribution in [0.2, 0.25) is 0 Å². The Morgan fingerprint density at radius 1 is 0.471 bits per heavy atom. The van der Waals surface area contributed by atoms with Gasteiger partial charge in [-0.3, -0.25) is 9.59 Å². The van der Waals surface area contributed by atoms with Gasteiger partial charge >= 0.3 is 5.97 Å². The lowest BCUT2D eigenvalue weighted by Crippen LogP contribution is -2.61. The number of unbranched alkanes of at least 4 members (excludes halogenated alkanes) is 31. The highest BCUT2D eigenvalue weighted by Gasteiger charge is 2.47. The highest BCUT2D eigenvalue weighted by atomic mass is 16.7. The van der Waals surface area contributed by atoms with E-state index in [2.05, 4.69) is 111 Å². The molecule has 1 saturated heterocycles. The Labute approximate surface area is 520 Å². The zero-order chi connectivity index (χ0) is 61.7. The molecule has 6 N–H and O–H groups in total. The Kier molecular flexibility index (Phi) is 57.0. The fourth-order valence-electron chi connectivity index (χ4n) is 10.5. The van der Waals surface area contributed by atoms with Gasteiger partial charge in [0, 0.05) is 6.42 Å². The van der Waals surface area contributed by atoms with E-state index in [1.54, 1.807) is 6.08 Å². The second-order valence-corrected chi connectivity index (χ2v) is 23.9. The summed E-state index contributed by atoms with van der Waals surface area (Å²) in [4.78, 5) is 26.7. The molecule has 0 aromatic carbocycles. The molecule has 0 aromatic heterocycles. The molecule has 1 rings (SSSR count). The Balaban J connectivity index is 2.64. The molecule has 0 bridgehead atoms. The Morgan fingerprint density at radius 2 is 0.847 bits per heavy atom. The van der Waals surface area contributed by atoms with Crippen LogP contribution in [0.3, 0.4) is 0 Å². The van der Waals surface area contributed by atoms with Crippen LogP contribution < -0.4 is 5.32 Å². The predicted octanol–water partition coefficient (Wildman–Crippen LogP) is 17.8.